The van der Waals surface area contributed by atoms with Gasteiger partial charge in [0.05, 0.1) is 0 Å². The van der Waals surface area contributed by atoms with Crippen molar-refractivity contribution in [2.75, 3.05) is 8.86 Å². The van der Waals surface area contributed by atoms with Crippen molar-refractivity contribution in [1.82, 2.24) is 0 Å². The van der Waals surface area contributed by atoms with Gasteiger partial charge in [0.25, 0.3) is 0 Å². The van der Waals surface area contributed by atoms with Gasteiger partial charge < -0.3 is 0 Å². The molecule has 2 aromatic carbocycles. The molecule has 0 aliphatic rings. The summed E-state index contributed by atoms with van der Waals surface area (Å²) in [4.78, 5) is 0. The molecule has 0 aliphatic carbocycles. The van der Waals surface area contributed by atoms with Crippen LogP contribution in [0.25, 0.3) is 0 Å². The summed E-state index contributed by atoms with van der Waals surface area (Å²) >= 11 is 5.10. The lowest BCUT2D eigenvalue weighted by Crippen LogP contribution is -2.30. The molecule has 100 valence electrons. The molecule has 0 atom stereocenters. The van der Waals surface area contributed by atoms with E-state index in [0.717, 1.165) is 12.8 Å². The number of rotatable bonds is 6. The SMILES string of the molecule is ICC(CI)(Cc1ccccc1)Cc1ccccc1. The van der Waals surface area contributed by atoms with Crippen LogP contribution in [0.15, 0.2) is 60.7 Å². The molecule has 19 heavy (non-hydrogen) atoms. The Morgan fingerprint density at radius 2 is 1.00 bits per heavy atom. The molecule has 0 unspecified atom stereocenters. The molecule has 0 saturated heterocycles. The van der Waals surface area contributed by atoms with E-state index in [2.05, 4.69) is 106 Å². The second-order valence-electron chi connectivity index (χ2n) is 5.09. The van der Waals surface area contributed by atoms with Crippen molar-refractivity contribution < 1.29 is 0 Å². The van der Waals surface area contributed by atoms with Gasteiger partial charge in [0.2, 0.25) is 0 Å². The van der Waals surface area contributed by atoms with E-state index in [1.165, 1.54) is 20.0 Å². The normalized spacial score (nSPS) is 11.5. The topological polar surface area (TPSA) is 0 Å². The minimum Gasteiger partial charge on any atom is -0.0857 e. The van der Waals surface area contributed by atoms with Crippen LogP contribution in [0.4, 0.5) is 0 Å². The van der Waals surface area contributed by atoms with Gasteiger partial charge in [0.1, 0.15) is 0 Å². The summed E-state index contributed by atoms with van der Waals surface area (Å²) in [5, 5.41) is 0. The predicted octanol–water partition coefficient (Wildman–Crippen LogP) is 5.33. The summed E-state index contributed by atoms with van der Waals surface area (Å²) < 4.78 is 2.38. The van der Waals surface area contributed by atoms with Gasteiger partial charge in [-0.25, -0.2) is 0 Å². The molecule has 0 aliphatic heterocycles. The third kappa shape index (κ3) is 4.45. The minimum atomic E-state index is 0.365. The quantitative estimate of drug-likeness (QED) is 0.391. The standard InChI is InChI=1S/C17H18I2/c18-13-17(14-19,11-15-7-3-1-4-8-15)12-16-9-5-2-6-10-16/h1-10H,11-14H2. The van der Waals surface area contributed by atoms with Crippen molar-refractivity contribution in [2.45, 2.75) is 12.8 Å². The van der Waals surface area contributed by atoms with Gasteiger partial charge in [-0.2, -0.15) is 0 Å². The van der Waals surface area contributed by atoms with Crippen molar-refractivity contribution in [3.8, 4) is 0 Å². The fraction of sp³-hybridized carbons (Fsp3) is 0.294. The van der Waals surface area contributed by atoms with Gasteiger partial charge in [-0.05, 0) is 29.4 Å². The first-order valence-corrected chi connectivity index (χ1v) is 9.53. The van der Waals surface area contributed by atoms with Crippen LogP contribution in [0.3, 0.4) is 0 Å². The van der Waals surface area contributed by atoms with Crippen LogP contribution < -0.4 is 0 Å². The number of alkyl halides is 2. The third-order valence-electron chi connectivity index (χ3n) is 3.41. The third-order valence-corrected chi connectivity index (χ3v) is 6.65. The van der Waals surface area contributed by atoms with Gasteiger partial charge in [-0.15, -0.1) is 0 Å². The largest absolute Gasteiger partial charge is 0.0857 e. The van der Waals surface area contributed by atoms with Gasteiger partial charge >= 0.3 is 0 Å². The van der Waals surface area contributed by atoms with Crippen molar-refractivity contribution in [3.63, 3.8) is 0 Å². The first-order chi connectivity index (χ1) is 9.28. The fourth-order valence-corrected chi connectivity index (χ4v) is 5.00. The second kappa shape index (κ2) is 7.62. The van der Waals surface area contributed by atoms with Crippen LogP contribution in [-0.2, 0) is 12.8 Å². The van der Waals surface area contributed by atoms with E-state index < -0.39 is 0 Å². The highest BCUT2D eigenvalue weighted by molar-refractivity contribution is 14.1. The van der Waals surface area contributed by atoms with Crippen molar-refractivity contribution in [2.24, 2.45) is 5.41 Å². The molecule has 0 saturated carbocycles. The van der Waals surface area contributed by atoms with Crippen molar-refractivity contribution >= 4 is 45.2 Å². The Morgan fingerprint density at radius 3 is 1.32 bits per heavy atom. The van der Waals surface area contributed by atoms with Gasteiger partial charge in [-0.3, -0.25) is 0 Å². The highest BCUT2D eigenvalue weighted by atomic mass is 127. The summed E-state index contributed by atoms with van der Waals surface area (Å²) in [7, 11) is 0. The Hall–Kier alpha value is -0.1000. The lowest BCUT2D eigenvalue weighted by molar-refractivity contribution is 0.394. The Balaban J connectivity index is 2.18. The van der Waals surface area contributed by atoms with E-state index in [1.54, 1.807) is 0 Å². The smallest absolute Gasteiger partial charge is 0.00657 e. The molecule has 0 bridgehead atoms. The number of hydrogen-bond acceptors (Lipinski definition) is 0. The summed E-state index contributed by atoms with van der Waals surface area (Å²) in [6, 6.07) is 21.7. The Labute approximate surface area is 143 Å². The zero-order valence-electron chi connectivity index (χ0n) is 10.9. The second-order valence-corrected chi connectivity index (χ2v) is 6.62. The van der Waals surface area contributed by atoms with E-state index in [0.29, 0.717) is 5.41 Å². The van der Waals surface area contributed by atoms with Gasteiger partial charge in [0.15, 0.2) is 0 Å². The maximum absolute atomic E-state index is 2.55. The van der Waals surface area contributed by atoms with Gasteiger partial charge in [-0.1, -0.05) is 106 Å². The molecular weight excluding hydrogens is 458 g/mol. The lowest BCUT2D eigenvalue weighted by atomic mass is 9.80. The summed E-state index contributed by atoms with van der Waals surface area (Å²) in [6.45, 7) is 0. The number of benzene rings is 2. The molecule has 2 heteroatoms. The fourth-order valence-electron chi connectivity index (χ4n) is 2.34. The summed E-state index contributed by atoms with van der Waals surface area (Å²) in [6.07, 6.45) is 2.32. The lowest BCUT2D eigenvalue weighted by Gasteiger charge is -2.30. The van der Waals surface area contributed by atoms with Crippen molar-refractivity contribution in [1.29, 1.82) is 0 Å². The van der Waals surface area contributed by atoms with E-state index >= 15 is 0 Å². The molecule has 0 nitrogen and oxygen atoms in total. The molecule has 0 amide bonds. The number of hydrogen-bond donors (Lipinski definition) is 0. The molecule has 0 N–H and O–H groups in total. The minimum absolute atomic E-state index is 0.365. The van der Waals surface area contributed by atoms with E-state index in [9.17, 15) is 0 Å². The van der Waals surface area contributed by atoms with Gasteiger partial charge in [0, 0.05) is 8.86 Å². The first kappa shape index (κ1) is 15.3. The summed E-state index contributed by atoms with van der Waals surface area (Å²) in [5.74, 6) is 0. The van der Waals surface area contributed by atoms with E-state index in [-0.39, 0.29) is 0 Å². The van der Waals surface area contributed by atoms with Crippen LogP contribution in [0.2, 0.25) is 0 Å². The van der Waals surface area contributed by atoms with Crippen LogP contribution in [0, 0.1) is 5.41 Å². The van der Waals surface area contributed by atoms with Crippen LogP contribution in [0.1, 0.15) is 11.1 Å². The zero-order chi connectivity index (χ0) is 13.6. The maximum Gasteiger partial charge on any atom is 0.00657 e. The molecule has 2 aromatic rings. The molecule has 0 heterocycles. The van der Waals surface area contributed by atoms with Crippen LogP contribution >= 0.6 is 45.2 Å². The van der Waals surface area contributed by atoms with E-state index in [1.807, 2.05) is 0 Å². The van der Waals surface area contributed by atoms with Crippen molar-refractivity contribution in [3.05, 3.63) is 71.8 Å². The highest BCUT2D eigenvalue weighted by Gasteiger charge is 2.28. The summed E-state index contributed by atoms with van der Waals surface area (Å²) in [5.41, 5.74) is 3.27. The molecular formula is C17H18I2. The van der Waals surface area contributed by atoms with Crippen LogP contribution in [-0.4, -0.2) is 8.86 Å². The Kier molecular flexibility index (Phi) is 6.13. The molecule has 0 radical (unpaired) electrons. The average molecular weight is 476 g/mol. The maximum atomic E-state index is 2.55. The van der Waals surface area contributed by atoms with E-state index in [4.69, 9.17) is 0 Å². The zero-order valence-corrected chi connectivity index (χ0v) is 15.2. The Bertz CT molecular complexity index is 432. The first-order valence-electron chi connectivity index (χ1n) is 6.48. The molecule has 0 spiro atoms. The van der Waals surface area contributed by atoms with Crippen LogP contribution in [0.5, 0.6) is 0 Å². The molecule has 0 aromatic heterocycles. The average Bonchev–Trinajstić information content (AvgIpc) is 2.48. The molecule has 2 rings (SSSR count). The monoisotopic (exact) mass is 476 g/mol. The number of halogens is 2. The predicted molar refractivity (Wildman–Crippen MR) is 100 cm³/mol. The molecule has 0 fully saturated rings. The highest BCUT2D eigenvalue weighted by Crippen LogP contribution is 2.32. The Morgan fingerprint density at radius 1 is 0.632 bits per heavy atom.